The molecule has 2 aromatic heterocycles. The second-order valence-corrected chi connectivity index (χ2v) is 9.75. The van der Waals surface area contributed by atoms with E-state index in [1.54, 1.807) is 6.92 Å². The van der Waals surface area contributed by atoms with Gasteiger partial charge in [-0.1, -0.05) is 43.3 Å². The van der Waals surface area contributed by atoms with Crippen LogP contribution in [0.2, 0.25) is 0 Å². The number of carboxylic acids is 1. The molecule has 3 aromatic carbocycles. The third-order valence-corrected chi connectivity index (χ3v) is 6.90. The van der Waals surface area contributed by atoms with Gasteiger partial charge < -0.3 is 25.7 Å². The molecule has 8 nitrogen and oxygen atoms in total. The number of rotatable bonds is 10. The number of nitrogens with zero attached hydrogens (tertiary/aromatic N) is 1. The lowest BCUT2D eigenvalue weighted by Gasteiger charge is -2.17. The number of amides is 1. The maximum Gasteiger partial charge on any atom is 0.326 e. The van der Waals surface area contributed by atoms with Crippen LogP contribution >= 0.6 is 0 Å². The number of carboxylic acid groups (broad SMARTS) is 1. The molecule has 0 bridgehead atoms. The lowest BCUT2D eigenvalue weighted by Crippen LogP contribution is -2.42. The maximum absolute atomic E-state index is 13.8. The van der Waals surface area contributed by atoms with Gasteiger partial charge in [0, 0.05) is 23.9 Å². The molecule has 1 atom stereocenters. The van der Waals surface area contributed by atoms with E-state index in [2.05, 4.69) is 25.6 Å². The number of para-hydroxylation sites is 2. The van der Waals surface area contributed by atoms with Crippen molar-refractivity contribution < 1.29 is 19.1 Å². The van der Waals surface area contributed by atoms with Crippen molar-refractivity contribution in [2.45, 2.75) is 39.3 Å². The number of benzene rings is 3. The van der Waals surface area contributed by atoms with E-state index in [1.165, 1.54) is 12.1 Å². The minimum Gasteiger partial charge on any atom is -0.480 e. The van der Waals surface area contributed by atoms with Gasteiger partial charge in [0.05, 0.1) is 17.6 Å². The Kier molecular flexibility index (Phi) is 7.63. The van der Waals surface area contributed by atoms with Crippen LogP contribution < -0.4 is 10.6 Å². The highest BCUT2D eigenvalue weighted by Gasteiger charge is 2.24. The number of aryl methyl sites for hydroxylation is 2. The van der Waals surface area contributed by atoms with Crippen molar-refractivity contribution in [1.29, 1.82) is 0 Å². The standard InChI is InChI=1S/C31H30FN5O3/c1-3-20-14-23(32)12-18(2)28(20)29(38)35-27(30(39)40)13-19-8-10-21(11-9-19)22-15-24(33-16-22)17-34-31-36-25-6-4-5-7-26(25)37-31/h4-12,14-16,27,33H,3,13,17H2,1-2H3,(H,35,38)(H,39,40)(H2,34,36,37). The third kappa shape index (κ3) is 5.88. The fraction of sp³-hybridized carbons (Fsp3) is 0.194. The molecular formula is C31H30FN5O3. The van der Waals surface area contributed by atoms with Crippen molar-refractivity contribution in [3.8, 4) is 11.1 Å². The first-order chi connectivity index (χ1) is 19.3. The summed E-state index contributed by atoms with van der Waals surface area (Å²) in [6.45, 7) is 4.03. The zero-order chi connectivity index (χ0) is 28.2. The fourth-order valence-corrected chi connectivity index (χ4v) is 4.84. The molecule has 2 heterocycles. The predicted molar refractivity (Wildman–Crippen MR) is 153 cm³/mol. The van der Waals surface area contributed by atoms with Gasteiger partial charge in [0.1, 0.15) is 11.9 Å². The summed E-state index contributed by atoms with van der Waals surface area (Å²) in [5, 5.41) is 15.7. The molecule has 5 N–H and O–H groups in total. The molecule has 1 unspecified atom stereocenters. The minimum atomic E-state index is -1.14. The van der Waals surface area contributed by atoms with E-state index < -0.39 is 23.7 Å². The highest BCUT2D eigenvalue weighted by Crippen LogP contribution is 2.23. The molecule has 204 valence electrons. The number of hydrogen-bond donors (Lipinski definition) is 5. The summed E-state index contributed by atoms with van der Waals surface area (Å²) in [5.41, 5.74) is 6.93. The molecule has 0 fully saturated rings. The average molecular weight is 540 g/mol. The van der Waals surface area contributed by atoms with Gasteiger partial charge in [-0.2, -0.15) is 0 Å². The van der Waals surface area contributed by atoms with Gasteiger partial charge in [0.15, 0.2) is 0 Å². The van der Waals surface area contributed by atoms with Crippen molar-refractivity contribution in [2.75, 3.05) is 5.32 Å². The van der Waals surface area contributed by atoms with Crippen LogP contribution in [-0.4, -0.2) is 38.0 Å². The molecular weight excluding hydrogens is 509 g/mol. The topological polar surface area (TPSA) is 123 Å². The number of carbonyl (C=O) groups is 2. The molecule has 1 amide bonds. The van der Waals surface area contributed by atoms with Gasteiger partial charge in [0.25, 0.3) is 5.91 Å². The van der Waals surface area contributed by atoms with E-state index in [9.17, 15) is 19.1 Å². The first-order valence-electron chi connectivity index (χ1n) is 13.1. The Labute approximate surface area is 230 Å². The number of aromatic amines is 2. The van der Waals surface area contributed by atoms with Crippen molar-refractivity contribution in [3.05, 3.63) is 107 Å². The quantitative estimate of drug-likeness (QED) is 0.158. The van der Waals surface area contributed by atoms with E-state index in [-0.39, 0.29) is 6.42 Å². The molecule has 0 saturated carbocycles. The normalized spacial score (nSPS) is 11.9. The molecule has 5 aromatic rings. The van der Waals surface area contributed by atoms with Gasteiger partial charge in [0.2, 0.25) is 5.95 Å². The monoisotopic (exact) mass is 539 g/mol. The number of imidazole rings is 1. The number of carbonyl (C=O) groups excluding carboxylic acids is 1. The Balaban J connectivity index is 1.22. The zero-order valence-electron chi connectivity index (χ0n) is 22.2. The molecule has 0 aliphatic carbocycles. The molecule has 0 aliphatic heterocycles. The highest BCUT2D eigenvalue weighted by molar-refractivity contribution is 5.99. The first-order valence-corrected chi connectivity index (χ1v) is 13.1. The Morgan fingerprint density at radius 1 is 1.05 bits per heavy atom. The Bertz CT molecular complexity index is 1640. The summed E-state index contributed by atoms with van der Waals surface area (Å²) in [6, 6.07) is 18.9. The van der Waals surface area contributed by atoms with Crippen LogP contribution in [0.15, 0.2) is 72.9 Å². The lowest BCUT2D eigenvalue weighted by atomic mass is 9.97. The zero-order valence-corrected chi connectivity index (χ0v) is 22.2. The largest absolute Gasteiger partial charge is 0.480 e. The van der Waals surface area contributed by atoms with Gasteiger partial charge in [-0.15, -0.1) is 0 Å². The molecule has 40 heavy (non-hydrogen) atoms. The average Bonchev–Trinajstić information content (AvgIpc) is 3.58. The number of H-pyrrole nitrogens is 2. The Hall–Kier alpha value is -4.92. The molecule has 0 aliphatic rings. The van der Waals surface area contributed by atoms with Crippen LogP contribution in [0.4, 0.5) is 10.3 Å². The second-order valence-electron chi connectivity index (χ2n) is 9.75. The number of anilines is 1. The summed E-state index contributed by atoms with van der Waals surface area (Å²) >= 11 is 0. The van der Waals surface area contributed by atoms with E-state index >= 15 is 0 Å². The van der Waals surface area contributed by atoms with E-state index in [4.69, 9.17) is 0 Å². The van der Waals surface area contributed by atoms with E-state index in [0.29, 0.717) is 35.6 Å². The van der Waals surface area contributed by atoms with Gasteiger partial charge >= 0.3 is 5.97 Å². The molecule has 5 rings (SSSR count). The number of nitrogens with one attached hydrogen (secondary N) is 4. The summed E-state index contributed by atoms with van der Waals surface area (Å²) in [4.78, 5) is 36.0. The van der Waals surface area contributed by atoms with Crippen LogP contribution in [0, 0.1) is 12.7 Å². The van der Waals surface area contributed by atoms with Crippen LogP contribution in [0.25, 0.3) is 22.2 Å². The maximum atomic E-state index is 13.8. The number of fused-ring (bicyclic) bond motifs is 1. The SMILES string of the molecule is CCc1cc(F)cc(C)c1C(=O)NC(Cc1ccc(-c2c[nH]c(CNc3nc4ccccc4[nH]3)c2)cc1)C(=O)O. The van der Waals surface area contributed by atoms with Crippen molar-refractivity contribution in [3.63, 3.8) is 0 Å². The number of halogens is 1. The molecule has 0 saturated heterocycles. The van der Waals surface area contributed by atoms with Crippen molar-refractivity contribution in [2.24, 2.45) is 0 Å². The highest BCUT2D eigenvalue weighted by atomic mass is 19.1. The smallest absolute Gasteiger partial charge is 0.326 e. The van der Waals surface area contributed by atoms with Gasteiger partial charge in [-0.05, 0) is 71.5 Å². The molecule has 9 heteroatoms. The summed E-state index contributed by atoms with van der Waals surface area (Å²) in [6.07, 6.45) is 2.49. The van der Waals surface area contributed by atoms with Crippen molar-refractivity contribution >= 4 is 28.9 Å². The van der Waals surface area contributed by atoms with Crippen molar-refractivity contribution in [1.82, 2.24) is 20.3 Å². The Morgan fingerprint density at radius 3 is 2.55 bits per heavy atom. The fourth-order valence-electron chi connectivity index (χ4n) is 4.84. The first kappa shape index (κ1) is 26.7. The van der Waals surface area contributed by atoms with Crippen LogP contribution in [0.5, 0.6) is 0 Å². The summed E-state index contributed by atoms with van der Waals surface area (Å²) in [5.74, 6) is -1.38. The van der Waals surface area contributed by atoms with Gasteiger partial charge in [-0.3, -0.25) is 4.79 Å². The number of hydrogen-bond acceptors (Lipinski definition) is 4. The molecule has 0 spiro atoms. The lowest BCUT2D eigenvalue weighted by molar-refractivity contribution is -0.139. The third-order valence-electron chi connectivity index (χ3n) is 6.90. The summed E-state index contributed by atoms with van der Waals surface area (Å²) < 4.78 is 13.8. The number of aromatic nitrogens is 3. The summed E-state index contributed by atoms with van der Waals surface area (Å²) in [7, 11) is 0. The Morgan fingerprint density at radius 2 is 1.82 bits per heavy atom. The minimum absolute atomic E-state index is 0.114. The van der Waals surface area contributed by atoms with Crippen LogP contribution in [0.3, 0.4) is 0 Å². The predicted octanol–water partition coefficient (Wildman–Crippen LogP) is 5.61. The van der Waals surface area contributed by atoms with Crippen LogP contribution in [0.1, 0.15) is 39.7 Å². The van der Waals surface area contributed by atoms with Crippen LogP contribution in [-0.2, 0) is 24.2 Å². The second kappa shape index (κ2) is 11.4. The van der Waals surface area contributed by atoms with E-state index in [1.807, 2.05) is 67.7 Å². The van der Waals surface area contributed by atoms with Gasteiger partial charge in [-0.25, -0.2) is 14.2 Å². The number of aliphatic carboxylic acids is 1. The molecule has 0 radical (unpaired) electrons. The van der Waals surface area contributed by atoms with E-state index in [0.717, 1.165) is 33.4 Å².